The Bertz CT molecular complexity index is 876. The maximum atomic E-state index is 14.1. The molecule has 1 aliphatic rings. The second-order valence-electron chi connectivity index (χ2n) is 5.73. The average molecular weight is 316 g/mol. The van der Waals surface area contributed by atoms with Crippen LogP contribution in [0.1, 0.15) is 24.4 Å². The second-order valence-corrected chi connectivity index (χ2v) is 5.73. The van der Waals surface area contributed by atoms with Crippen LogP contribution in [0, 0.1) is 11.6 Å². The molecule has 1 fully saturated rings. The third-order valence-electron chi connectivity index (χ3n) is 4.30. The fraction of sp³-hybridized carbons (Fsp3) is 0.250. The number of hydrogen-bond donors (Lipinski definition) is 2. The minimum absolute atomic E-state index is 0.221. The van der Waals surface area contributed by atoms with Crippen molar-refractivity contribution in [1.82, 2.24) is 10.1 Å². The van der Waals surface area contributed by atoms with Gasteiger partial charge in [0.1, 0.15) is 23.5 Å². The van der Waals surface area contributed by atoms with Crippen molar-refractivity contribution in [3.05, 3.63) is 53.9 Å². The predicted octanol–water partition coefficient (Wildman–Crippen LogP) is 2.35. The molecule has 0 amide bonds. The second kappa shape index (κ2) is 5.19. The first-order valence-electron chi connectivity index (χ1n) is 7.50. The lowest BCUT2D eigenvalue weighted by atomic mass is 10.0. The summed E-state index contributed by atoms with van der Waals surface area (Å²) in [6, 6.07) is 5.22. The Morgan fingerprint density at radius 3 is 3.04 bits per heavy atom. The fourth-order valence-corrected chi connectivity index (χ4v) is 3.22. The molecule has 4 rings (SSSR count). The molecule has 0 saturated carbocycles. The molecule has 1 unspecified atom stereocenters. The monoisotopic (exact) mass is 316 g/mol. The van der Waals surface area contributed by atoms with E-state index < -0.39 is 5.82 Å². The van der Waals surface area contributed by atoms with Crippen molar-refractivity contribution >= 4 is 17.2 Å². The van der Waals surface area contributed by atoms with E-state index >= 15 is 0 Å². The third kappa shape index (κ3) is 2.28. The Balaban J connectivity index is 1.76. The van der Waals surface area contributed by atoms with Crippen LogP contribution in [0.4, 0.5) is 20.3 Å². The number of nitrogens with one attached hydrogen (secondary N) is 1. The van der Waals surface area contributed by atoms with Crippen LogP contribution in [0.2, 0.25) is 0 Å². The summed E-state index contributed by atoms with van der Waals surface area (Å²) in [5.74, 6) is -0.107. The standard InChI is InChI=1S/C16H15F2N5/c17-10-3-4-12(18)11(8-10)14-2-1-6-22(14)15-5-7-23-16(21-15)13(19)9-20-23/h3-5,7-9,14H,1-2,6,19H2/p+1. The molecule has 5 nitrogen and oxygen atoms in total. The Kier molecular flexibility index (Phi) is 3.14. The van der Waals surface area contributed by atoms with Crippen LogP contribution in [0.15, 0.2) is 36.7 Å². The summed E-state index contributed by atoms with van der Waals surface area (Å²) in [7, 11) is 0. The van der Waals surface area contributed by atoms with Gasteiger partial charge in [-0.05, 0) is 36.0 Å². The van der Waals surface area contributed by atoms with Gasteiger partial charge in [-0.1, -0.05) is 0 Å². The molecule has 1 aromatic carbocycles. The number of H-pyrrole nitrogens is 1. The van der Waals surface area contributed by atoms with Crippen molar-refractivity contribution in [2.45, 2.75) is 18.9 Å². The topological polar surface area (TPSA) is 62.0 Å². The summed E-state index contributed by atoms with van der Waals surface area (Å²) < 4.78 is 29.4. The summed E-state index contributed by atoms with van der Waals surface area (Å²) in [5, 5.41) is 2.97. The van der Waals surface area contributed by atoms with E-state index in [2.05, 4.69) is 10.1 Å². The van der Waals surface area contributed by atoms with Crippen molar-refractivity contribution < 1.29 is 13.3 Å². The molecule has 0 spiro atoms. The van der Waals surface area contributed by atoms with Gasteiger partial charge in [0, 0.05) is 18.2 Å². The number of nitrogen functional groups attached to an aromatic ring is 1. The predicted molar refractivity (Wildman–Crippen MR) is 81.8 cm³/mol. The van der Waals surface area contributed by atoms with E-state index in [1.165, 1.54) is 12.1 Å². The summed E-state index contributed by atoms with van der Waals surface area (Å²) in [4.78, 5) is 6.57. The highest BCUT2D eigenvalue weighted by Crippen LogP contribution is 2.36. The van der Waals surface area contributed by atoms with Crippen LogP contribution in [-0.2, 0) is 0 Å². The molecule has 0 bridgehead atoms. The molecule has 1 saturated heterocycles. The number of anilines is 2. The van der Waals surface area contributed by atoms with Gasteiger partial charge in [-0.15, -0.1) is 4.52 Å². The number of aromatic nitrogens is 3. The molecule has 1 atom stereocenters. The van der Waals surface area contributed by atoms with E-state index in [9.17, 15) is 8.78 Å². The van der Waals surface area contributed by atoms with E-state index in [4.69, 9.17) is 5.73 Å². The highest BCUT2D eigenvalue weighted by molar-refractivity contribution is 5.61. The molecule has 23 heavy (non-hydrogen) atoms. The van der Waals surface area contributed by atoms with Gasteiger partial charge < -0.3 is 10.6 Å². The van der Waals surface area contributed by atoms with Gasteiger partial charge in [-0.3, -0.25) is 0 Å². The van der Waals surface area contributed by atoms with E-state index in [1.54, 1.807) is 10.7 Å². The number of halogens is 2. The van der Waals surface area contributed by atoms with Gasteiger partial charge in [0.2, 0.25) is 5.82 Å². The number of fused-ring (bicyclic) bond motifs is 1. The number of nitrogens with zero attached hydrogens (tertiary/aromatic N) is 3. The molecule has 0 aliphatic carbocycles. The van der Waals surface area contributed by atoms with Gasteiger partial charge in [-0.2, -0.15) is 0 Å². The number of hydrogen-bond acceptors (Lipinski definition) is 3. The van der Waals surface area contributed by atoms with Crippen molar-refractivity contribution in [2.24, 2.45) is 0 Å². The highest BCUT2D eigenvalue weighted by Gasteiger charge is 2.32. The third-order valence-corrected chi connectivity index (χ3v) is 4.30. The molecular weight excluding hydrogens is 300 g/mol. The molecule has 7 heteroatoms. The quantitative estimate of drug-likeness (QED) is 0.714. The van der Waals surface area contributed by atoms with E-state index in [0.29, 0.717) is 22.7 Å². The zero-order valence-corrected chi connectivity index (χ0v) is 12.3. The first-order chi connectivity index (χ1) is 11.1. The first-order valence-corrected chi connectivity index (χ1v) is 7.50. The van der Waals surface area contributed by atoms with Gasteiger partial charge >= 0.3 is 5.65 Å². The van der Waals surface area contributed by atoms with Crippen LogP contribution >= 0.6 is 0 Å². The van der Waals surface area contributed by atoms with Crippen molar-refractivity contribution in [1.29, 1.82) is 0 Å². The minimum Gasteiger partial charge on any atom is -0.391 e. The Labute approximate surface area is 131 Å². The lowest BCUT2D eigenvalue weighted by Crippen LogP contribution is -2.28. The Morgan fingerprint density at radius 1 is 1.30 bits per heavy atom. The van der Waals surface area contributed by atoms with Crippen LogP contribution in [0.5, 0.6) is 0 Å². The molecule has 0 radical (unpaired) electrons. The summed E-state index contributed by atoms with van der Waals surface area (Å²) in [6.07, 6.45) is 5.15. The molecule has 2 aromatic heterocycles. The molecular formula is C16H16F2N5+. The summed E-state index contributed by atoms with van der Waals surface area (Å²) in [5.41, 5.74) is 7.42. The fourth-order valence-electron chi connectivity index (χ4n) is 3.22. The zero-order valence-electron chi connectivity index (χ0n) is 12.3. The largest absolute Gasteiger partial charge is 0.391 e. The maximum absolute atomic E-state index is 14.1. The number of aromatic amines is 1. The van der Waals surface area contributed by atoms with E-state index in [0.717, 1.165) is 25.5 Å². The van der Waals surface area contributed by atoms with Crippen molar-refractivity contribution in [2.75, 3.05) is 17.2 Å². The zero-order chi connectivity index (χ0) is 16.0. The molecule has 3 aromatic rings. The minimum atomic E-state index is -0.429. The molecule has 118 valence electrons. The van der Waals surface area contributed by atoms with Crippen molar-refractivity contribution in [3.63, 3.8) is 0 Å². The van der Waals surface area contributed by atoms with Crippen LogP contribution < -0.4 is 15.1 Å². The maximum Gasteiger partial charge on any atom is 0.373 e. The molecule has 3 heterocycles. The Hall–Kier alpha value is -2.70. The summed E-state index contributed by atoms with van der Waals surface area (Å²) >= 11 is 0. The van der Waals surface area contributed by atoms with Gasteiger partial charge in [0.05, 0.1) is 12.2 Å². The number of rotatable bonds is 2. The van der Waals surface area contributed by atoms with Crippen molar-refractivity contribution in [3.8, 4) is 0 Å². The lowest BCUT2D eigenvalue weighted by Gasteiger charge is -2.23. The highest BCUT2D eigenvalue weighted by atomic mass is 19.1. The van der Waals surface area contributed by atoms with Crippen LogP contribution in [-0.4, -0.2) is 16.6 Å². The van der Waals surface area contributed by atoms with Crippen LogP contribution in [0.25, 0.3) is 5.65 Å². The Morgan fingerprint density at radius 2 is 2.17 bits per heavy atom. The van der Waals surface area contributed by atoms with E-state index in [-0.39, 0.29) is 11.9 Å². The average Bonchev–Trinajstić information content (AvgIpc) is 3.17. The van der Waals surface area contributed by atoms with E-state index in [1.807, 2.05) is 17.2 Å². The van der Waals surface area contributed by atoms with Gasteiger partial charge in [-0.25, -0.2) is 13.9 Å². The van der Waals surface area contributed by atoms with Gasteiger partial charge in [0.15, 0.2) is 0 Å². The normalized spacial score (nSPS) is 18.0. The lowest BCUT2D eigenvalue weighted by molar-refractivity contribution is -0.578. The van der Waals surface area contributed by atoms with Gasteiger partial charge in [0.25, 0.3) is 0 Å². The SMILES string of the molecule is Nc1c[nH][n+]2ccc(N3CCCC3c3cc(F)ccc3F)nc12. The number of nitrogens with two attached hydrogens (primary N) is 1. The molecule has 3 N–H and O–H groups in total. The first kappa shape index (κ1) is 13.9. The smallest absolute Gasteiger partial charge is 0.373 e. The number of benzene rings is 1. The van der Waals surface area contributed by atoms with Crippen LogP contribution in [0.3, 0.4) is 0 Å². The molecule has 1 aliphatic heterocycles. The summed E-state index contributed by atoms with van der Waals surface area (Å²) in [6.45, 7) is 0.744.